The van der Waals surface area contributed by atoms with E-state index in [0.29, 0.717) is 33.7 Å². The lowest BCUT2D eigenvalue weighted by atomic mass is 10.1. The van der Waals surface area contributed by atoms with Crippen molar-refractivity contribution < 1.29 is 32.2 Å². The first-order valence-electron chi connectivity index (χ1n) is 10.8. The van der Waals surface area contributed by atoms with Crippen LogP contribution >= 0.6 is 24.0 Å². The molecule has 35 heavy (non-hydrogen) atoms. The summed E-state index contributed by atoms with van der Waals surface area (Å²) in [7, 11) is 0. The van der Waals surface area contributed by atoms with Crippen molar-refractivity contribution in [3.05, 3.63) is 64.6 Å². The normalized spacial score (nSPS) is 19.5. The van der Waals surface area contributed by atoms with Crippen LogP contribution in [0.25, 0.3) is 6.08 Å². The van der Waals surface area contributed by atoms with Crippen molar-refractivity contribution in [3.63, 3.8) is 0 Å². The predicted octanol–water partition coefficient (Wildman–Crippen LogP) is 5.10. The van der Waals surface area contributed by atoms with Crippen LogP contribution in [0.15, 0.2) is 53.4 Å². The van der Waals surface area contributed by atoms with Gasteiger partial charge in [0.05, 0.1) is 28.8 Å². The van der Waals surface area contributed by atoms with Gasteiger partial charge in [0, 0.05) is 6.61 Å². The van der Waals surface area contributed by atoms with Gasteiger partial charge in [-0.05, 0) is 48.7 Å². The molecule has 2 aromatic carbocycles. The molecule has 0 spiro atoms. The molecule has 0 bridgehead atoms. The average Bonchev–Trinajstić information content (AvgIpc) is 3.42. The molecule has 2 saturated heterocycles. The van der Waals surface area contributed by atoms with Gasteiger partial charge in [0.15, 0.2) is 6.61 Å². The minimum Gasteiger partial charge on any atom is -0.484 e. The number of ether oxygens (including phenoxy) is 2. The van der Waals surface area contributed by atoms with E-state index in [1.807, 2.05) is 0 Å². The standard InChI is InChI=1S/C24H21F3N2O4S2/c25-24(26,27)18-8-1-2-9-19(18)28-21(30)14-33-16-6-3-5-15(11-16)12-20-22(31)29(23(34)35-20)13-17-7-4-10-32-17/h1-3,5-6,8-9,11-12,17H,4,7,10,13-14H2,(H,28,30)/b20-12-/t17-/m1/s1. The summed E-state index contributed by atoms with van der Waals surface area (Å²) in [6.45, 7) is 0.631. The van der Waals surface area contributed by atoms with Gasteiger partial charge >= 0.3 is 6.18 Å². The van der Waals surface area contributed by atoms with E-state index in [4.69, 9.17) is 21.7 Å². The Morgan fingerprint density at radius 2 is 2.06 bits per heavy atom. The molecule has 2 heterocycles. The number of nitrogens with one attached hydrogen (secondary N) is 1. The second-order valence-electron chi connectivity index (χ2n) is 7.88. The molecule has 1 atom stereocenters. The van der Waals surface area contributed by atoms with Crippen LogP contribution in [0.2, 0.25) is 0 Å². The molecule has 2 amide bonds. The van der Waals surface area contributed by atoms with E-state index in [2.05, 4.69) is 5.32 Å². The van der Waals surface area contributed by atoms with Crippen molar-refractivity contribution in [2.75, 3.05) is 25.1 Å². The molecule has 2 aliphatic rings. The molecule has 0 radical (unpaired) electrons. The Kier molecular flexibility index (Phi) is 7.78. The fourth-order valence-electron chi connectivity index (χ4n) is 3.67. The average molecular weight is 523 g/mol. The summed E-state index contributed by atoms with van der Waals surface area (Å²) >= 11 is 6.56. The molecule has 0 saturated carbocycles. The van der Waals surface area contributed by atoms with Crippen LogP contribution in [0, 0.1) is 0 Å². The summed E-state index contributed by atoms with van der Waals surface area (Å²) in [5, 5.41) is 2.23. The first-order valence-corrected chi connectivity index (χ1v) is 12.0. The number of nitrogens with zero attached hydrogens (tertiary/aromatic N) is 1. The number of thioether (sulfide) groups is 1. The van der Waals surface area contributed by atoms with E-state index in [9.17, 15) is 22.8 Å². The number of hydrogen-bond acceptors (Lipinski definition) is 6. The highest BCUT2D eigenvalue weighted by atomic mass is 32.2. The van der Waals surface area contributed by atoms with Gasteiger partial charge in [-0.3, -0.25) is 14.5 Å². The van der Waals surface area contributed by atoms with Crippen LogP contribution in [0.3, 0.4) is 0 Å². The molecule has 0 unspecified atom stereocenters. The number of carbonyl (C=O) groups is 2. The highest BCUT2D eigenvalue weighted by Gasteiger charge is 2.35. The van der Waals surface area contributed by atoms with E-state index in [-0.39, 0.29) is 17.7 Å². The Morgan fingerprint density at radius 3 is 2.80 bits per heavy atom. The highest BCUT2D eigenvalue weighted by molar-refractivity contribution is 8.26. The number of hydrogen-bond donors (Lipinski definition) is 1. The van der Waals surface area contributed by atoms with Crippen LogP contribution in [-0.4, -0.2) is 46.9 Å². The quantitative estimate of drug-likeness (QED) is 0.403. The van der Waals surface area contributed by atoms with Crippen LogP contribution in [-0.2, 0) is 20.5 Å². The molecule has 2 fully saturated rings. The van der Waals surface area contributed by atoms with Gasteiger partial charge < -0.3 is 14.8 Å². The number of rotatable bonds is 7. The van der Waals surface area contributed by atoms with Gasteiger partial charge in [0.2, 0.25) is 0 Å². The molecular weight excluding hydrogens is 501 g/mol. The van der Waals surface area contributed by atoms with E-state index in [1.54, 1.807) is 35.2 Å². The van der Waals surface area contributed by atoms with Crippen LogP contribution in [0.1, 0.15) is 24.0 Å². The minimum atomic E-state index is -4.59. The number of benzene rings is 2. The van der Waals surface area contributed by atoms with Crippen LogP contribution in [0.5, 0.6) is 5.75 Å². The zero-order valence-corrected chi connectivity index (χ0v) is 20.0. The zero-order valence-electron chi connectivity index (χ0n) is 18.3. The first kappa shape index (κ1) is 25.2. The lowest BCUT2D eigenvalue weighted by Crippen LogP contribution is -2.35. The second-order valence-corrected chi connectivity index (χ2v) is 9.56. The fourth-order valence-corrected chi connectivity index (χ4v) is 4.94. The predicted molar refractivity (Wildman–Crippen MR) is 131 cm³/mol. The molecule has 0 aliphatic carbocycles. The zero-order chi connectivity index (χ0) is 25.0. The number of anilines is 1. The molecule has 184 valence electrons. The third kappa shape index (κ3) is 6.41. The number of thiocarbonyl (C=S) groups is 1. The monoisotopic (exact) mass is 522 g/mol. The Labute approximate surface area is 209 Å². The number of amides is 2. The van der Waals surface area contributed by atoms with E-state index in [0.717, 1.165) is 18.9 Å². The van der Waals surface area contributed by atoms with Crippen molar-refractivity contribution in [2.45, 2.75) is 25.1 Å². The molecule has 2 aromatic rings. The molecule has 0 aromatic heterocycles. The van der Waals surface area contributed by atoms with Crippen molar-refractivity contribution in [3.8, 4) is 5.75 Å². The minimum absolute atomic E-state index is 0.0113. The Bertz CT molecular complexity index is 1160. The number of carbonyl (C=O) groups excluding carboxylic acids is 2. The first-order chi connectivity index (χ1) is 16.7. The van der Waals surface area contributed by atoms with Crippen molar-refractivity contribution in [1.29, 1.82) is 0 Å². The largest absolute Gasteiger partial charge is 0.484 e. The lowest BCUT2D eigenvalue weighted by molar-refractivity contribution is -0.137. The maximum absolute atomic E-state index is 13.1. The molecule has 1 N–H and O–H groups in total. The second kappa shape index (κ2) is 10.8. The maximum Gasteiger partial charge on any atom is 0.418 e. The summed E-state index contributed by atoms with van der Waals surface area (Å²) in [6.07, 6.45) is -1.06. The molecule has 11 heteroatoms. The summed E-state index contributed by atoms with van der Waals surface area (Å²) in [6, 6.07) is 11.4. The third-order valence-corrected chi connectivity index (χ3v) is 6.69. The number of halogens is 3. The van der Waals surface area contributed by atoms with Gasteiger partial charge in [-0.1, -0.05) is 48.2 Å². The molecule has 2 aliphatic heterocycles. The Balaban J connectivity index is 1.37. The van der Waals surface area contributed by atoms with Gasteiger partial charge in [-0.25, -0.2) is 0 Å². The van der Waals surface area contributed by atoms with Crippen LogP contribution < -0.4 is 10.1 Å². The van der Waals surface area contributed by atoms with E-state index >= 15 is 0 Å². The summed E-state index contributed by atoms with van der Waals surface area (Å²) in [5.41, 5.74) is -0.623. The van der Waals surface area contributed by atoms with Crippen molar-refractivity contribution >= 4 is 51.9 Å². The van der Waals surface area contributed by atoms with Crippen molar-refractivity contribution in [1.82, 2.24) is 4.90 Å². The molecular formula is C24H21F3N2O4S2. The smallest absolute Gasteiger partial charge is 0.418 e. The Hall–Kier alpha value is -2.89. The highest BCUT2D eigenvalue weighted by Crippen LogP contribution is 2.35. The lowest BCUT2D eigenvalue weighted by Gasteiger charge is -2.18. The summed E-state index contributed by atoms with van der Waals surface area (Å²) in [4.78, 5) is 27.0. The van der Waals surface area contributed by atoms with Gasteiger partial charge in [-0.15, -0.1) is 0 Å². The van der Waals surface area contributed by atoms with Crippen molar-refractivity contribution in [2.24, 2.45) is 0 Å². The Morgan fingerprint density at radius 1 is 1.26 bits per heavy atom. The fraction of sp³-hybridized carbons (Fsp3) is 0.292. The van der Waals surface area contributed by atoms with Crippen LogP contribution in [0.4, 0.5) is 18.9 Å². The maximum atomic E-state index is 13.1. The summed E-state index contributed by atoms with van der Waals surface area (Å²) in [5.74, 6) is -0.598. The van der Waals surface area contributed by atoms with Gasteiger partial charge in [0.1, 0.15) is 10.1 Å². The number of para-hydroxylation sites is 1. The summed E-state index contributed by atoms with van der Waals surface area (Å²) < 4.78 is 50.9. The topological polar surface area (TPSA) is 67.9 Å². The molecule has 4 rings (SSSR count). The van der Waals surface area contributed by atoms with Gasteiger partial charge in [0.25, 0.3) is 11.8 Å². The third-order valence-electron chi connectivity index (χ3n) is 5.32. The van der Waals surface area contributed by atoms with E-state index < -0.39 is 24.3 Å². The molecule has 6 nitrogen and oxygen atoms in total. The van der Waals surface area contributed by atoms with Gasteiger partial charge in [-0.2, -0.15) is 13.2 Å². The SMILES string of the molecule is O=C(COc1cccc(/C=C2\SC(=S)N(C[C@H]3CCCO3)C2=O)c1)Nc1ccccc1C(F)(F)F. The van der Waals surface area contributed by atoms with E-state index in [1.165, 1.54) is 30.0 Å². The number of alkyl halides is 3.